The zero-order valence-electron chi connectivity index (χ0n) is 17.3. The summed E-state index contributed by atoms with van der Waals surface area (Å²) in [5.41, 5.74) is 2.19. The van der Waals surface area contributed by atoms with Gasteiger partial charge in [0.05, 0.1) is 4.88 Å². The van der Waals surface area contributed by atoms with Crippen molar-refractivity contribution in [3.8, 4) is 0 Å². The molecule has 0 saturated carbocycles. The van der Waals surface area contributed by atoms with Gasteiger partial charge in [-0.2, -0.15) is 0 Å². The molecule has 1 aromatic heterocycles. The van der Waals surface area contributed by atoms with Crippen LogP contribution in [0.3, 0.4) is 0 Å². The summed E-state index contributed by atoms with van der Waals surface area (Å²) < 4.78 is 0. The van der Waals surface area contributed by atoms with Crippen LogP contribution in [0.15, 0.2) is 41.8 Å². The second-order valence-corrected chi connectivity index (χ2v) is 9.46. The number of hydrogen-bond donors (Lipinski definition) is 3. The third kappa shape index (κ3) is 6.04. The number of rotatable bonds is 6. The Kier molecular flexibility index (Phi) is 7.19. The third-order valence-electron chi connectivity index (χ3n) is 6.20. The molecule has 0 spiro atoms. The van der Waals surface area contributed by atoms with Crippen molar-refractivity contribution >= 4 is 28.6 Å². The highest BCUT2D eigenvalue weighted by Gasteiger charge is 2.25. The summed E-state index contributed by atoms with van der Waals surface area (Å²) in [6, 6.07) is 12.8. The van der Waals surface area contributed by atoms with E-state index in [1.54, 1.807) is 4.90 Å². The molecule has 2 saturated heterocycles. The lowest BCUT2D eigenvalue weighted by atomic mass is 10.2. The highest BCUT2D eigenvalue weighted by molar-refractivity contribution is 7.09. The van der Waals surface area contributed by atoms with Crippen LogP contribution in [0, 0.1) is 0 Å². The van der Waals surface area contributed by atoms with E-state index in [4.69, 9.17) is 0 Å². The van der Waals surface area contributed by atoms with Gasteiger partial charge in [-0.3, -0.25) is 4.79 Å². The van der Waals surface area contributed by atoms with E-state index >= 15 is 0 Å². The monoisotopic (exact) mass is 414 g/mol. The van der Waals surface area contributed by atoms with Gasteiger partial charge in [-0.1, -0.05) is 18.9 Å². The Morgan fingerprint density at radius 1 is 0.931 bits per heavy atom. The van der Waals surface area contributed by atoms with Gasteiger partial charge in [-0.05, 0) is 48.6 Å². The summed E-state index contributed by atoms with van der Waals surface area (Å²) in [5.74, 6) is 0.129. The third-order valence-corrected chi connectivity index (χ3v) is 7.08. The summed E-state index contributed by atoms with van der Waals surface area (Å²) >= 11 is 1.85. The molecule has 1 amide bonds. The van der Waals surface area contributed by atoms with E-state index in [-0.39, 0.29) is 5.91 Å². The zero-order chi connectivity index (χ0) is 19.9. The van der Waals surface area contributed by atoms with Crippen LogP contribution >= 0.6 is 11.3 Å². The molecule has 0 radical (unpaired) electrons. The molecule has 5 nitrogen and oxygen atoms in total. The van der Waals surface area contributed by atoms with Gasteiger partial charge < -0.3 is 20.0 Å². The summed E-state index contributed by atoms with van der Waals surface area (Å²) in [6.45, 7) is 8.42. The molecule has 3 N–H and O–H groups in total. The van der Waals surface area contributed by atoms with Crippen molar-refractivity contribution in [2.75, 3.05) is 56.0 Å². The van der Waals surface area contributed by atoms with Gasteiger partial charge in [0.25, 0.3) is 5.91 Å². The molecule has 156 valence electrons. The van der Waals surface area contributed by atoms with Gasteiger partial charge in [0.15, 0.2) is 6.54 Å². The molecule has 2 aromatic rings. The van der Waals surface area contributed by atoms with Crippen LogP contribution in [-0.4, -0.2) is 51.7 Å². The van der Waals surface area contributed by atoms with Gasteiger partial charge >= 0.3 is 0 Å². The molecule has 1 aromatic carbocycles. The van der Waals surface area contributed by atoms with Gasteiger partial charge in [0.1, 0.15) is 32.7 Å². The smallest absolute Gasteiger partial charge is 0.279 e. The Morgan fingerprint density at radius 2 is 1.62 bits per heavy atom. The Morgan fingerprint density at radius 3 is 2.28 bits per heavy atom. The molecular formula is C23H34N4OS+2. The molecule has 3 heterocycles. The minimum atomic E-state index is 0.129. The van der Waals surface area contributed by atoms with Crippen LogP contribution in [0.25, 0.3) is 0 Å². The van der Waals surface area contributed by atoms with Crippen molar-refractivity contribution in [3.05, 3.63) is 46.7 Å². The van der Waals surface area contributed by atoms with Crippen LogP contribution in [0.1, 0.15) is 30.6 Å². The first kappa shape index (κ1) is 20.4. The normalized spacial score (nSPS) is 22.8. The van der Waals surface area contributed by atoms with Gasteiger partial charge in [-0.25, -0.2) is 0 Å². The van der Waals surface area contributed by atoms with E-state index in [0.29, 0.717) is 6.54 Å². The predicted molar refractivity (Wildman–Crippen MR) is 120 cm³/mol. The molecule has 0 bridgehead atoms. The molecule has 2 aliphatic heterocycles. The maximum absolute atomic E-state index is 12.5. The Hall–Kier alpha value is -1.89. The number of carbonyl (C=O) groups excluding carboxylic acids is 1. The van der Waals surface area contributed by atoms with Crippen molar-refractivity contribution in [1.29, 1.82) is 0 Å². The number of carbonyl (C=O) groups is 1. The van der Waals surface area contributed by atoms with Gasteiger partial charge in [0.2, 0.25) is 0 Å². The van der Waals surface area contributed by atoms with E-state index in [9.17, 15) is 4.79 Å². The van der Waals surface area contributed by atoms with Gasteiger partial charge in [-0.15, -0.1) is 11.3 Å². The second kappa shape index (κ2) is 10.2. The largest absolute Gasteiger partial charge is 0.372 e. The SMILES string of the molecule is O=C(C[NH+]1CC[NH+](Cc2cccs2)CC1)Nc1ccc(N2CCCCCC2)cc1. The first-order valence-corrected chi connectivity index (χ1v) is 12.0. The lowest BCUT2D eigenvalue weighted by molar-refractivity contribution is -1.01. The van der Waals surface area contributed by atoms with Crippen LogP contribution < -0.4 is 20.0 Å². The fourth-order valence-electron chi connectivity index (χ4n) is 4.49. The lowest BCUT2D eigenvalue weighted by Crippen LogP contribution is -3.28. The first-order valence-electron chi connectivity index (χ1n) is 11.1. The van der Waals surface area contributed by atoms with Gasteiger partial charge in [0, 0.05) is 24.5 Å². The average molecular weight is 415 g/mol. The number of benzene rings is 1. The standard InChI is InChI=1S/C23H32N4OS/c28-23(19-26-15-13-25(14-16-26)18-22-6-5-17-29-22)24-20-7-9-21(10-8-20)27-11-3-1-2-4-12-27/h5-10,17H,1-4,11-16,18-19H2,(H,24,28)/p+2. The summed E-state index contributed by atoms with van der Waals surface area (Å²) in [7, 11) is 0. The summed E-state index contributed by atoms with van der Waals surface area (Å²) in [6.07, 6.45) is 5.25. The number of amides is 1. The number of nitrogens with zero attached hydrogens (tertiary/aromatic N) is 1. The molecule has 29 heavy (non-hydrogen) atoms. The number of quaternary nitrogens is 2. The van der Waals surface area contributed by atoms with Crippen LogP contribution in [0.5, 0.6) is 0 Å². The predicted octanol–water partition coefficient (Wildman–Crippen LogP) is 1.05. The van der Waals surface area contributed by atoms with Crippen molar-refractivity contribution < 1.29 is 14.6 Å². The molecular weight excluding hydrogens is 380 g/mol. The van der Waals surface area contributed by atoms with E-state index in [2.05, 4.69) is 52.0 Å². The molecule has 2 aliphatic rings. The molecule has 2 fully saturated rings. The lowest BCUT2D eigenvalue weighted by Gasteiger charge is -2.29. The molecule has 0 aliphatic carbocycles. The summed E-state index contributed by atoms with van der Waals surface area (Å²) in [4.78, 5) is 19.5. The van der Waals surface area contributed by atoms with Crippen molar-refractivity contribution in [2.45, 2.75) is 32.2 Å². The number of anilines is 2. The van der Waals surface area contributed by atoms with Crippen LogP contribution in [0.2, 0.25) is 0 Å². The quantitative estimate of drug-likeness (QED) is 0.661. The maximum Gasteiger partial charge on any atom is 0.279 e. The molecule has 4 rings (SSSR count). The number of piperazine rings is 1. The fourth-order valence-corrected chi connectivity index (χ4v) is 5.26. The highest BCUT2D eigenvalue weighted by Crippen LogP contribution is 2.21. The Labute approximate surface area is 178 Å². The number of hydrogen-bond acceptors (Lipinski definition) is 3. The number of thiophene rings is 1. The highest BCUT2D eigenvalue weighted by atomic mass is 32.1. The molecule has 6 heteroatoms. The van der Waals surface area contributed by atoms with Crippen molar-refractivity contribution in [3.63, 3.8) is 0 Å². The van der Waals surface area contributed by atoms with Crippen molar-refractivity contribution in [2.24, 2.45) is 0 Å². The second-order valence-electron chi connectivity index (χ2n) is 8.43. The van der Waals surface area contributed by atoms with E-state index in [1.165, 1.54) is 41.1 Å². The van der Waals surface area contributed by atoms with Crippen LogP contribution in [0.4, 0.5) is 11.4 Å². The minimum absolute atomic E-state index is 0.129. The van der Waals surface area contributed by atoms with Crippen molar-refractivity contribution in [1.82, 2.24) is 0 Å². The fraction of sp³-hybridized carbons (Fsp3) is 0.522. The summed E-state index contributed by atoms with van der Waals surface area (Å²) in [5, 5.41) is 5.25. The molecule has 0 atom stereocenters. The van der Waals surface area contributed by atoms with Crippen LogP contribution in [-0.2, 0) is 11.3 Å². The van der Waals surface area contributed by atoms with E-state index in [0.717, 1.165) is 51.5 Å². The first-order chi connectivity index (χ1) is 14.3. The zero-order valence-corrected chi connectivity index (χ0v) is 18.1. The Balaban J connectivity index is 1.20. The topological polar surface area (TPSA) is 41.2 Å². The molecule has 0 unspecified atom stereocenters. The Bertz CT molecular complexity index is 746. The number of nitrogens with one attached hydrogen (secondary N) is 3. The minimum Gasteiger partial charge on any atom is -0.372 e. The van der Waals surface area contributed by atoms with E-state index in [1.807, 2.05) is 11.3 Å². The van der Waals surface area contributed by atoms with E-state index < -0.39 is 0 Å². The maximum atomic E-state index is 12.5. The average Bonchev–Trinajstić information content (AvgIpc) is 3.09.